The van der Waals surface area contributed by atoms with Crippen molar-refractivity contribution in [2.75, 3.05) is 13.6 Å². The van der Waals surface area contributed by atoms with Gasteiger partial charge in [-0.3, -0.25) is 4.90 Å². The van der Waals surface area contributed by atoms with Gasteiger partial charge in [0.25, 0.3) is 0 Å². The molecule has 1 heterocycles. The van der Waals surface area contributed by atoms with E-state index in [1.165, 1.54) is 5.56 Å². The molecule has 3 heteroatoms. The number of nitrogens with zero attached hydrogens (tertiary/aromatic N) is 1. The van der Waals surface area contributed by atoms with Crippen LogP contribution in [0.1, 0.15) is 24.9 Å². The first-order valence-corrected chi connectivity index (χ1v) is 5.66. The lowest BCUT2D eigenvalue weighted by Gasteiger charge is -2.44. The zero-order valence-electron chi connectivity index (χ0n) is 9.80. The van der Waals surface area contributed by atoms with Crippen molar-refractivity contribution in [3.05, 3.63) is 35.9 Å². The minimum absolute atomic E-state index is 0.191. The molecular weight excluding hydrogens is 202 g/mol. The topological polar surface area (TPSA) is 43.7 Å². The van der Waals surface area contributed by atoms with Crippen molar-refractivity contribution in [2.24, 2.45) is 0 Å². The summed E-state index contributed by atoms with van der Waals surface area (Å²) in [5.41, 5.74) is 0.194. The van der Waals surface area contributed by atoms with Crippen LogP contribution in [0.15, 0.2) is 30.3 Å². The van der Waals surface area contributed by atoms with E-state index in [-0.39, 0.29) is 6.04 Å². The average molecular weight is 221 g/mol. The fourth-order valence-corrected chi connectivity index (χ4v) is 2.43. The van der Waals surface area contributed by atoms with E-state index in [2.05, 4.69) is 17.0 Å². The summed E-state index contributed by atoms with van der Waals surface area (Å²) in [5.74, 6) is 0. The van der Waals surface area contributed by atoms with Gasteiger partial charge in [-0.05, 0) is 26.0 Å². The second-order valence-electron chi connectivity index (χ2n) is 4.95. The lowest BCUT2D eigenvalue weighted by molar-refractivity contribution is -0.121. The molecule has 2 N–H and O–H groups in total. The van der Waals surface area contributed by atoms with Gasteiger partial charge >= 0.3 is 0 Å². The Bertz CT molecular complexity index is 350. The van der Waals surface area contributed by atoms with Crippen LogP contribution in [0.5, 0.6) is 0 Å². The molecule has 1 aromatic carbocycles. The molecule has 0 radical (unpaired) electrons. The first-order chi connectivity index (χ1) is 7.50. The van der Waals surface area contributed by atoms with Gasteiger partial charge in [-0.15, -0.1) is 0 Å². The maximum absolute atomic E-state index is 9.99. The summed E-state index contributed by atoms with van der Waals surface area (Å²) in [5, 5.41) is 19.9. The predicted octanol–water partition coefficient (Wildman–Crippen LogP) is 1.18. The smallest absolute Gasteiger partial charge is 0.100 e. The fraction of sp³-hybridized carbons (Fsp3) is 0.538. The largest absolute Gasteiger partial charge is 0.390 e. The van der Waals surface area contributed by atoms with Gasteiger partial charge in [0.05, 0.1) is 6.10 Å². The van der Waals surface area contributed by atoms with Crippen molar-refractivity contribution in [3.8, 4) is 0 Å². The summed E-state index contributed by atoms with van der Waals surface area (Å²) in [7, 11) is 1.98. The van der Waals surface area contributed by atoms with Crippen molar-refractivity contribution >= 4 is 0 Å². The molecule has 1 aliphatic rings. The van der Waals surface area contributed by atoms with Gasteiger partial charge in [0, 0.05) is 12.6 Å². The minimum Gasteiger partial charge on any atom is -0.390 e. The molecule has 1 fully saturated rings. The summed E-state index contributed by atoms with van der Waals surface area (Å²) in [4.78, 5) is 2.10. The van der Waals surface area contributed by atoms with Crippen LogP contribution < -0.4 is 0 Å². The molecule has 16 heavy (non-hydrogen) atoms. The lowest BCUT2D eigenvalue weighted by Crippen LogP contribution is -2.54. The summed E-state index contributed by atoms with van der Waals surface area (Å²) in [6.07, 6.45) is -0.0815. The van der Waals surface area contributed by atoms with Crippen LogP contribution in [0.4, 0.5) is 0 Å². The van der Waals surface area contributed by atoms with Crippen molar-refractivity contribution < 1.29 is 10.2 Å². The quantitative estimate of drug-likeness (QED) is 0.748. The molecule has 1 saturated heterocycles. The Morgan fingerprint density at radius 3 is 2.56 bits per heavy atom. The van der Waals surface area contributed by atoms with Crippen molar-refractivity contribution in [1.82, 2.24) is 4.90 Å². The van der Waals surface area contributed by atoms with Crippen LogP contribution in [0, 0.1) is 0 Å². The number of aliphatic hydroxyl groups excluding tert-OH is 1. The number of likely N-dealkylation sites (tertiary alicyclic amines) is 1. The van der Waals surface area contributed by atoms with Crippen LogP contribution in [-0.2, 0) is 0 Å². The number of benzene rings is 1. The molecule has 0 aromatic heterocycles. The maximum Gasteiger partial charge on any atom is 0.100 e. The Hall–Kier alpha value is -0.900. The highest BCUT2D eigenvalue weighted by molar-refractivity contribution is 5.20. The zero-order chi connectivity index (χ0) is 11.8. The summed E-state index contributed by atoms with van der Waals surface area (Å²) in [6.45, 7) is 2.18. The number of aliphatic hydroxyl groups is 2. The van der Waals surface area contributed by atoms with E-state index in [1.54, 1.807) is 6.92 Å². The van der Waals surface area contributed by atoms with Gasteiger partial charge in [0.1, 0.15) is 5.60 Å². The van der Waals surface area contributed by atoms with Gasteiger partial charge in [-0.1, -0.05) is 30.3 Å². The van der Waals surface area contributed by atoms with E-state index in [0.717, 1.165) is 0 Å². The highest BCUT2D eigenvalue weighted by Crippen LogP contribution is 2.33. The van der Waals surface area contributed by atoms with E-state index in [9.17, 15) is 10.2 Å². The van der Waals surface area contributed by atoms with E-state index in [4.69, 9.17) is 0 Å². The third kappa shape index (κ3) is 2.12. The molecule has 1 aliphatic heterocycles. The molecule has 0 spiro atoms. The average Bonchev–Trinajstić information content (AvgIpc) is 2.24. The number of piperidine rings is 1. The number of hydrogen-bond acceptors (Lipinski definition) is 3. The molecule has 0 bridgehead atoms. The molecule has 3 unspecified atom stereocenters. The Morgan fingerprint density at radius 1 is 1.31 bits per heavy atom. The van der Waals surface area contributed by atoms with Gasteiger partial charge in [0.15, 0.2) is 0 Å². The van der Waals surface area contributed by atoms with Crippen LogP contribution in [0.2, 0.25) is 0 Å². The van der Waals surface area contributed by atoms with Gasteiger partial charge in [-0.25, -0.2) is 0 Å². The molecule has 1 aromatic rings. The Labute approximate surface area is 96.3 Å². The molecule has 88 valence electrons. The van der Waals surface area contributed by atoms with E-state index in [1.807, 2.05) is 25.2 Å². The monoisotopic (exact) mass is 221 g/mol. The Kier molecular flexibility index (Phi) is 3.02. The highest BCUT2D eigenvalue weighted by atomic mass is 16.3. The van der Waals surface area contributed by atoms with Crippen LogP contribution >= 0.6 is 0 Å². The number of hydrogen-bond donors (Lipinski definition) is 2. The number of rotatable bonds is 1. The van der Waals surface area contributed by atoms with Gasteiger partial charge < -0.3 is 10.2 Å². The molecular formula is C13H19NO2. The first kappa shape index (κ1) is 11.6. The van der Waals surface area contributed by atoms with Gasteiger partial charge in [-0.2, -0.15) is 0 Å². The van der Waals surface area contributed by atoms with E-state index < -0.39 is 11.7 Å². The summed E-state index contributed by atoms with van der Waals surface area (Å²) < 4.78 is 0. The third-order valence-electron chi connectivity index (χ3n) is 3.45. The van der Waals surface area contributed by atoms with Crippen LogP contribution in [0.25, 0.3) is 0 Å². The molecule has 2 rings (SSSR count). The predicted molar refractivity (Wildman–Crippen MR) is 63.1 cm³/mol. The van der Waals surface area contributed by atoms with Crippen LogP contribution in [-0.4, -0.2) is 40.4 Å². The van der Waals surface area contributed by atoms with Crippen molar-refractivity contribution in [1.29, 1.82) is 0 Å². The molecule has 0 saturated carbocycles. The number of β-amino-alcohol motifs (C(OH)–C–C–N with tert-alkyl or cyclic N) is 1. The summed E-state index contributed by atoms with van der Waals surface area (Å²) >= 11 is 0. The first-order valence-electron chi connectivity index (χ1n) is 5.66. The molecule has 0 amide bonds. The SMILES string of the molecule is CN1CC(C)(O)C(O)CC1c1ccccc1. The van der Waals surface area contributed by atoms with Gasteiger partial charge in [0.2, 0.25) is 0 Å². The fourth-order valence-electron chi connectivity index (χ4n) is 2.43. The minimum atomic E-state index is -1.000. The highest BCUT2D eigenvalue weighted by Gasteiger charge is 2.40. The second kappa shape index (κ2) is 4.17. The second-order valence-corrected chi connectivity index (χ2v) is 4.95. The van der Waals surface area contributed by atoms with Crippen LogP contribution in [0.3, 0.4) is 0 Å². The molecule has 0 aliphatic carbocycles. The van der Waals surface area contributed by atoms with E-state index in [0.29, 0.717) is 13.0 Å². The standard InChI is InChI=1S/C13H19NO2/c1-13(16)9-14(2)11(8-12(13)15)10-6-4-3-5-7-10/h3-7,11-12,15-16H,8-9H2,1-2H3. The molecule has 3 atom stereocenters. The molecule has 3 nitrogen and oxygen atoms in total. The van der Waals surface area contributed by atoms with E-state index >= 15 is 0 Å². The lowest BCUT2D eigenvalue weighted by atomic mass is 9.85. The summed E-state index contributed by atoms with van der Waals surface area (Å²) in [6, 6.07) is 10.3. The normalized spacial score (nSPS) is 36.2. The maximum atomic E-state index is 9.99. The Morgan fingerprint density at radius 2 is 1.94 bits per heavy atom. The number of likely N-dealkylation sites (N-methyl/N-ethyl adjacent to an activating group) is 1. The van der Waals surface area contributed by atoms with Crippen molar-refractivity contribution in [2.45, 2.75) is 31.1 Å². The zero-order valence-corrected chi connectivity index (χ0v) is 9.80. The Balaban J connectivity index is 2.19. The van der Waals surface area contributed by atoms with Crippen molar-refractivity contribution in [3.63, 3.8) is 0 Å². The third-order valence-corrected chi connectivity index (χ3v) is 3.45.